The predicted molar refractivity (Wildman–Crippen MR) is 107 cm³/mol. The highest BCUT2D eigenvalue weighted by Crippen LogP contribution is 2.24. The van der Waals surface area contributed by atoms with E-state index in [-0.39, 0.29) is 0 Å². The average Bonchev–Trinajstić information content (AvgIpc) is 3.10. The third-order valence-electron chi connectivity index (χ3n) is 5.98. The summed E-state index contributed by atoms with van der Waals surface area (Å²) in [6, 6.07) is 2.06. The van der Waals surface area contributed by atoms with E-state index in [9.17, 15) is 4.79 Å². The van der Waals surface area contributed by atoms with Crippen molar-refractivity contribution in [3.8, 4) is 0 Å². The van der Waals surface area contributed by atoms with Crippen LogP contribution in [0.2, 0.25) is 0 Å². The van der Waals surface area contributed by atoms with Crippen molar-refractivity contribution in [1.82, 2.24) is 24.4 Å². The van der Waals surface area contributed by atoms with Crippen LogP contribution in [0, 0.1) is 19.8 Å². The number of hydrogen-bond donors (Lipinski definition) is 0. The highest BCUT2D eigenvalue weighted by molar-refractivity contribution is 5.76. The Balaban J connectivity index is 1.33. The zero-order valence-electron chi connectivity index (χ0n) is 17.1. The Morgan fingerprint density at radius 2 is 2.07 bits per heavy atom. The fourth-order valence-corrected chi connectivity index (χ4v) is 4.50. The SMILES string of the molecule is Cc1cc(C)n2ncc(CN3CCC[C@H](CCC(=O)N4CCOCC4)C3)c2n1. The lowest BCUT2D eigenvalue weighted by molar-refractivity contribution is -0.135. The van der Waals surface area contributed by atoms with Gasteiger partial charge in [0.15, 0.2) is 5.65 Å². The maximum Gasteiger partial charge on any atom is 0.222 e. The molecule has 4 heterocycles. The lowest BCUT2D eigenvalue weighted by atomic mass is 9.93. The Kier molecular flexibility index (Phi) is 5.92. The summed E-state index contributed by atoms with van der Waals surface area (Å²) in [7, 11) is 0. The summed E-state index contributed by atoms with van der Waals surface area (Å²) >= 11 is 0. The number of piperidine rings is 1. The standard InChI is InChI=1S/C21H31N5O2/c1-16-12-17(2)26-21(23-16)19(13-22-26)15-24-7-3-4-18(14-24)5-6-20(27)25-8-10-28-11-9-25/h12-13,18H,3-11,14-15H2,1-2H3/t18-/m1/s1. The molecule has 0 spiro atoms. The van der Waals surface area contributed by atoms with Crippen molar-refractivity contribution < 1.29 is 9.53 Å². The van der Waals surface area contributed by atoms with Crippen LogP contribution < -0.4 is 0 Å². The number of aryl methyl sites for hydroxylation is 2. The van der Waals surface area contributed by atoms with Crippen molar-refractivity contribution >= 4 is 11.6 Å². The summed E-state index contributed by atoms with van der Waals surface area (Å²) in [5.41, 5.74) is 4.32. The molecule has 0 bridgehead atoms. The van der Waals surface area contributed by atoms with Gasteiger partial charge >= 0.3 is 0 Å². The first-order valence-electron chi connectivity index (χ1n) is 10.5. The molecular formula is C21H31N5O2. The van der Waals surface area contributed by atoms with Crippen LogP contribution in [0.25, 0.3) is 5.65 Å². The Morgan fingerprint density at radius 1 is 1.25 bits per heavy atom. The van der Waals surface area contributed by atoms with Crippen LogP contribution in [0.1, 0.15) is 42.6 Å². The maximum atomic E-state index is 12.4. The number of ether oxygens (including phenoxy) is 1. The molecule has 2 saturated heterocycles. The van der Waals surface area contributed by atoms with E-state index in [2.05, 4.69) is 23.0 Å². The quantitative estimate of drug-likeness (QED) is 0.790. The van der Waals surface area contributed by atoms with E-state index < -0.39 is 0 Å². The molecule has 2 fully saturated rings. The molecule has 4 rings (SSSR count). The van der Waals surface area contributed by atoms with Crippen LogP contribution >= 0.6 is 0 Å². The molecule has 0 aromatic carbocycles. The maximum absolute atomic E-state index is 12.4. The van der Waals surface area contributed by atoms with Gasteiger partial charge in [-0.2, -0.15) is 5.10 Å². The number of morpholine rings is 1. The molecular weight excluding hydrogens is 354 g/mol. The third-order valence-corrected chi connectivity index (χ3v) is 5.98. The first kappa shape index (κ1) is 19.3. The number of aromatic nitrogens is 3. The minimum atomic E-state index is 0.290. The van der Waals surface area contributed by atoms with E-state index in [0.717, 1.165) is 56.2 Å². The summed E-state index contributed by atoms with van der Waals surface area (Å²) in [4.78, 5) is 21.6. The Morgan fingerprint density at radius 3 is 2.89 bits per heavy atom. The Hall–Kier alpha value is -1.99. The molecule has 2 aromatic rings. The van der Waals surface area contributed by atoms with Crippen LogP contribution in [-0.2, 0) is 16.1 Å². The molecule has 2 aliphatic rings. The van der Waals surface area contributed by atoms with Crippen LogP contribution in [0.3, 0.4) is 0 Å². The predicted octanol–water partition coefficient (Wildman–Crippen LogP) is 2.20. The average molecular weight is 386 g/mol. The number of rotatable bonds is 5. The molecule has 7 heteroatoms. The van der Waals surface area contributed by atoms with Crippen molar-refractivity contribution in [3.05, 3.63) is 29.2 Å². The van der Waals surface area contributed by atoms with Crippen molar-refractivity contribution in [2.24, 2.45) is 5.92 Å². The number of fused-ring (bicyclic) bond motifs is 1. The third kappa shape index (κ3) is 4.36. The van der Waals surface area contributed by atoms with E-state index in [0.29, 0.717) is 31.5 Å². The van der Waals surface area contributed by atoms with Gasteiger partial charge < -0.3 is 9.64 Å². The van der Waals surface area contributed by atoms with E-state index in [4.69, 9.17) is 9.72 Å². The lowest BCUT2D eigenvalue weighted by Crippen LogP contribution is -2.41. The number of hydrogen-bond acceptors (Lipinski definition) is 5. The minimum absolute atomic E-state index is 0.290. The topological polar surface area (TPSA) is 63.0 Å². The molecule has 0 unspecified atom stereocenters. The minimum Gasteiger partial charge on any atom is -0.378 e. The van der Waals surface area contributed by atoms with Gasteiger partial charge in [-0.25, -0.2) is 9.50 Å². The molecule has 0 radical (unpaired) electrons. The fraction of sp³-hybridized carbons (Fsp3) is 0.667. The zero-order chi connectivity index (χ0) is 19.5. The van der Waals surface area contributed by atoms with Gasteiger partial charge in [0.2, 0.25) is 5.91 Å². The van der Waals surface area contributed by atoms with Gasteiger partial charge in [0.1, 0.15) is 0 Å². The van der Waals surface area contributed by atoms with Crippen LogP contribution in [0.5, 0.6) is 0 Å². The van der Waals surface area contributed by atoms with E-state index >= 15 is 0 Å². The monoisotopic (exact) mass is 385 g/mol. The lowest BCUT2D eigenvalue weighted by Gasteiger charge is -2.33. The Labute approximate surface area is 166 Å². The van der Waals surface area contributed by atoms with E-state index in [1.807, 2.05) is 22.5 Å². The van der Waals surface area contributed by atoms with Gasteiger partial charge in [-0.1, -0.05) is 0 Å². The van der Waals surface area contributed by atoms with Gasteiger partial charge in [-0.3, -0.25) is 9.69 Å². The van der Waals surface area contributed by atoms with Gasteiger partial charge in [0, 0.05) is 49.6 Å². The molecule has 2 aliphatic heterocycles. The highest BCUT2D eigenvalue weighted by atomic mass is 16.5. The van der Waals surface area contributed by atoms with Crippen LogP contribution in [0.15, 0.2) is 12.3 Å². The largest absolute Gasteiger partial charge is 0.378 e. The zero-order valence-corrected chi connectivity index (χ0v) is 17.1. The summed E-state index contributed by atoms with van der Waals surface area (Å²) in [6.07, 6.45) is 6.02. The summed E-state index contributed by atoms with van der Waals surface area (Å²) in [5.74, 6) is 0.884. The second kappa shape index (κ2) is 8.57. The van der Waals surface area contributed by atoms with Crippen LogP contribution in [-0.4, -0.2) is 69.7 Å². The molecule has 152 valence electrons. The highest BCUT2D eigenvalue weighted by Gasteiger charge is 2.24. The van der Waals surface area contributed by atoms with Gasteiger partial charge in [0.25, 0.3) is 0 Å². The molecule has 2 aromatic heterocycles. The Bertz CT molecular complexity index is 828. The van der Waals surface area contributed by atoms with Crippen molar-refractivity contribution in [2.45, 2.75) is 46.1 Å². The molecule has 28 heavy (non-hydrogen) atoms. The number of amides is 1. The van der Waals surface area contributed by atoms with Crippen molar-refractivity contribution in [3.63, 3.8) is 0 Å². The number of likely N-dealkylation sites (tertiary alicyclic amines) is 1. The summed E-state index contributed by atoms with van der Waals surface area (Å²) in [5, 5.41) is 4.52. The first-order valence-corrected chi connectivity index (χ1v) is 10.5. The summed E-state index contributed by atoms with van der Waals surface area (Å²) in [6.45, 7) is 9.99. The molecule has 7 nitrogen and oxygen atoms in total. The summed E-state index contributed by atoms with van der Waals surface area (Å²) < 4.78 is 7.28. The molecule has 0 N–H and O–H groups in total. The first-order chi connectivity index (χ1) is 13.6. The van der Waals surface area contributed by atoms with E-state index in [1.54, 1.807) is 0 Å². The number of carbonyl (C=O) groups is 1. The smallest absolute Gasteiger partial charge is 0.222 e. The second-order valence-corrected chi connectivity index (χ2v) is 8.22. The number of carbonyl (C=O) groups excluding carboxylic acids is 1. The normalized spacial score (nSPS) is 21.4. The van der Waals surface area contributed by atoms with Gasteiger partial charge in [0.05, 0.1) is 19.4 Å². The van der Waals surface area contributed by atoms with Gasteiger partial charge in [-0.05, 0) is 51.6 Å². The van der Waals surface area contributed by atoms with Crippen molar-refractivity contribution in [2.75, 3.05) is 39.4 Å². The van der Waals surface area contributed by atoms with Crippen LogP contribution in [0.4, 0.5) is 0 Å². The molecule has 1 atom stereocenters. The second-order valence-electron chi connectivity index (χ2n) is 8.22. The van der Waals surface area contributed by atoms with E-state index in [1.165, 1.54) is 18.4 Å². The fourth-order valence-electron chi connectivity index (χ4n) is 4.50. The molecule has 0 saturated carbocycles. The van der Waals surface area contributed by atoms with Gasteiger partial charge in [-0.15, -0.1) is 0 Å². The molecule has 1 amide bonds. The van der Waals surface area contributed by atoms with Crippen molar-refractivity contribution in [1.29, 1.82) is 0 Å². The molecule has 0 aliphatic carbocycles. The number of nitrogens with zero attached hydrogens (tertiary/aromatic N) is 5.